The van der Waals surface area contributed by atoms with Gasteiger partial charge in [-0.1, -0.05) is 17.7 Å². The largest absolute Gasteiger partial charge is 0.332 e. The molecule has 15 heavy (non-hydrogen) atoms. The van der Waals surface area contributed by atoms with E-state index in [9.17, 15) is 4.79 Å². The zero-order valence-electron chi connectivity index (χ0n) is 8.73. The van der Waals surface area contributed by atoms with Crippen LogP contribution >= 0.6 is 0 Å². The number of amides is 2. The quantitative estimate of drug-likeness (QED) is 0.752. The lowest BCUT2D eigenvalue weighted by atomic mass is 10.2. The summed E-state index contributed by atoms with van der Waals surface area (Å²) in [6.07, 6.45) is 0. The smallest absolute Gasteiger partial charge is 0.322 e. The van der Waals surface area contributed by atoms with Gasteiger partial charge in [-0.2, -0.15) is 0 Å². The van der Waals surface area contributed by atoms with Crippen molar-refractivity contribution >= 4 is 11.7 Å². The second-order valence-electron chi connectivity index (χ2n) is 3.83. The third-order valence-corrected chi connectivity index (χ3v) is 2.61. The van der Waals surface area contributed by atoms with Gasteiger partial charge in [0.1, 0.15) is 0 Å². The molecule has 80 valence electrons. The Morgan fingerprint density at radius 2 is 2.13 bits per heavy atom. The zero-order chi connectivity index (χ0) is 10.8. The molecule has 1 aromatic rings. The number of carbonyl (C=O) groups excluding carboxylic acids is 1. The Hall–Kier alpha value is -1.55. The predicted octanol–water partition coefficient (Wildman–Crippen LogP) is 0.852. The van der Waals surface area contributed by atoms with Gasteiger partial charge in [-0.3, -0.25) is 4.90 Å². The van der Waals surface area contributed by atoms with Gasteiger partial charge in [0, 0.05) is 18.8 Å². The molecule has 1 aliphatic heterocycles. The highest BCUT2D eigenvalue weighted by Crippen LogP contribution is 2.18. The van der Waals surface area contributed by atoms with Crippen LogP contribution in [0.5, 0.6) is 0 Å². The van der Waals surface area contributed by atoms with Crippen molar-refractivity contribution in [2.24, 2.45) is 5.73 Å². The molecule has 0 saturated carbocycles. The molecule has 2 rings (SSSR count). The van der Waals surface area contributed by atoms with Gasteiger partial charge in [-0.15, -0.1) is 0 Å². The first-order chi connectivity index (χ1) is 7.20. The molecular weight excluding hydrogens is 190 g/mol. The summed E-state index contributed by atoms with van der Waals surface area (Å²) in [6, 6.07) is 7.91. The summed E-state index contributed by atoms with van der Waals surface area (Å²) in [5, 5.41) is 2.83. The van der Waals surface area contributed by atoms with Crippen LogP contribution in [0, 0.1) is 6.92 Å². The first-order valence-electron chi connectivity index (χ1n) is 5.05. The Morgan fingerprint density at radius 3 is 2.67 bits per heavy atom. The minimum absolute atomic E-state index is 0.0608. The van der Waals surface area contributed by atoms with Crippen LogP contribution in [0.1, 0.15) is 5.56 Å². The number of nitrogens with two attached hydrogens (primary N) is 1. The maximum absolute atomic E-state index is 11.6. The first-order valence-corrected chi connectivity index (χ1v) is 5.05. The highest BCUT2D eigenvalue weighted by molar-refractivity contribution is 5.94. The Labute approximate surface area is 89.1 Å². The number of benzene rings is 1. The van der Waals surface area contributed by atoms with E-state index < -0.39 is 0 Å². The normalized spacial score (nSPS) is 20.5. The number of aryl methyl sites for hydroxylation is 1. The van der Waals surface area contributed by atoms with E-state index in [0.29, 0.717) is 13.1 Å². The molecule has 1 saturated heterocycles. The second-order valence-corrected chi connectivity index (χ2v) is 3.83. The number of hydrogen-bond acceptors (Lipinski definition) is 2. The SMILES string of the molecule is Cc1ccc(N2CC(CN)NC2=O)cc1. The second kappa shape index (κ2) is 3.90. The van der Waals surface area contributed by atoms with Crippen LogP contribution in [0.3, 0.4) is 0 Å². The highest BCUT2D eigenvalue weighted by atomic mass is 16.2. The fourth-order valence-electron chi connectivity index (χ4n) is 1.68. The van der Waals surface area contributed by atoms with E-state index >= 15 is 0 Å². The summed E-state index contributed by atoms with van der Waals surface area (Å²) in [5.74, 6) is 0. The summed E-state index contributed by atoms with van der Waals surface area (Å²) in [6.45, 7) is 3.16. The van der Waals surface area contributed by atoms with Crippen LogP contribution in [-0.4, -0.2) is 25.2 Å². The lowest BCUT2D eigenvalue weighted by molar-refractivity contribution is 0.251. The number of rotatable bonds is 2. The minimum atomic E-state index is -0.0608. The Morgan fingerprint density at radius 1 is 1.47 bits per heavy atom. The third kappa shape index (κ3) is 1.94. The van der Waals surface area contributed by atoms with E-state index in [1.165, 1.54) is 5.56 Å². The Balaban J connectivity index is 2.18. The van der Waals surface area contributed by atoms with Gasteiger partial charge in [0.05, 0.1) is 6.04 Å². The molecule has 0 radical (unpaired) electrons. The van der Waals surface area contributed by atoms with Gasteiger partial charge in [-0.25, -0.2) is 4.79 Å². The monoisotopic (exact) mass is 205 g/mol. The number of nitrogens with zero attached hydrogens (tertiary/aromatic N) is 1. The number of nitrogens with one attached hydrogen (secondary N) is 1. The average molecular weight is 205 g/mol. The van der Waals surface area contributed by atoms with Crippen LogP contribution in [0.25, 0.3) is 0 Å². The molecule has 4 heteroatoms. The molecule has 0 spiro atoms. The lowest BCUT2D eigenvalue weighted by Crippen LogP contribution is -2.33. The van der Waals surface area contributed by atoms with Gasteiger partial charge in [-0.05, 0) is 19.1 Å². The molecule has 1 atom stereocenters. The zero-order valence-corrected chi connectivity index (χ0v) is 8.73. The third-order valence-electron chi connectivity index (χ3n) is 2.61. The molecule has 0 aliphatic carbocycles. The van der Waals surface area contributed by atoms with Crippen molar-refractivity contribution in [1.82, 2.24) is 5.32 Å². The average Bonchev–Trinajstić information content (AvgIpc) is 2.61. The number of anilines is 1. The number of hydrogen-bond donors (Lipinski definition) is 2. The maximum Gasteiger partial charge on any atom is 0.322 e. The van der Waals surface area contributed by atoms with Crippen molar-refractivity contribution in [2.75, 3.05) is 18.0 Å². The van der Waals surface area contributed by atoms with Crippen molar-refractivity contribution in [2.45, 2.75) is 13.0 Å². The van der Waals surface area contributed by atoms with Gasteiger partial charge in [0.25, 0.3) is 0 Å². The minimum Gasteiger partial charge on any atom is -0.332 e. The first kappa shape index (κ1) is 9.98. The van der Waals surface area contributed by atoms with Crippen LogP contribution in [0.4, 0.5) is 10.5 Å². The molecular formula is C11H15N3O. The van der Waals surface area contributed by atoms with Gasteiger partial charge < -0.3 is 11.1 Å². The van der Waals surface area contributed by atoms with E-state index in [-0.39, 0.29) is 12.1 Å². The fourth-order valence-corrected chi connectivity index (χ4v) is 1.68. The van der Waals surface area contributed by atoms with Gasteiger partial charge >= 0.3 is 6.03 Å². The van der Waals surface area contributed by atoms with Gasteiger partial charge in [0.2, 0.25) is 0 Å². The molecule has 2 amide bonds. The summed E-state index contributed by atoms with van der Waals surface area (Å²) in [7, 11) is 0. The molecule has 3 N–H and O–H groups in total. The topological polar surface area (TPSA) is 58.4 Å². The summed E-state index contributed by atoms with van der Waals surface area (Å²) < 4.78 is 0. The van der Waals surface area contributed by atoms with Crippen LogP contribution in [0.2, 0.25) is 0 Å². The molecule has 4 nitrogen and oxygen atoms in total. The molecule has 1 aliphatic rings. The van der Waals surface area contributed by atoms with E-state index in [2.05, 4.69) is 5.32 Å². The van der Waals surface area contributed by atoms with Crippen molar-refractivity contribution in [3.8, 4) is 0 Å². The molecule has 0 aromatic heterocycles. The lowest BCUT2D eigenvalue weighted by Gasteiger charge is -2.14. The molecule has 1 unspecified atom stereocenters. The van der Waals surface area contributed by atoms with Crippen molar-refractivity contribution in [3.63, 3.8) is 0 Å². The number of urea groups is 1. The fraction of sp³-hybridized carbons (Fsp3) is 0.364. The van der Waals surface area contributed by atoms with E-state index in [0.717, 1.165) is 5.69 Å². The summed E-state index contributed by atoms with van der Waals surface area (Å²) in [4.78, 5) is 13.3. The Kier molecular flexibility index (Phi) is 2.60. The number of carbonyl (C=O) groups is 1. The molecule has 1 fully saturated rings. The van der Waals surface area contributed by atoms with Crippen molar-refractivity contribution in [3.05, 3.63) is 29.8 Å². The van der Waals surface area contributed by atoms with Gasteiger partial charge in [0.15, 0.2) is 0 Å². The highest BCUT2D eigenvalue weighted by Gasteiger charge is 2.28. The predicted molar refractivity (Wildman–Crippen MR) is 59.9 cm³/mol. The Bertz CT molecular complexity index is 361. The molecule has 1 aromatic carbocycles. The maximum atomic E-state index is 11.6. The van der Waals surface area contributed by atoms with Crippen LogP contribution in [-0.2, 0) is 0 Å². The van der Waals surface area contributed by atoms with E-state index in [1.807, 2.05) is 31.2 Å². The molecule has 0 bridgehead atoms. The van der Waals surface area contributed by atoms with Crippen molar-refractivity contribution < 1.29 is 4.79 Å². The van der Waals surface area contributed by atoms with E-state index in [4.69, 9.17) is 5.73 Å². The van der Waals surface area contributed by atoms with Crippen LogP contribution < -0.4 is 16.0 Å². The summed E-state index contributed by atoms with van der Waals surface area (Å²) >= 11 is 0. The van der Waals surface area contributed by atoms with E-state index in [1.54, 1.807) is 4.90 Å². The van der Waals surface area contributed by atoms with Crippen LogP contribution in [0.15, 0.2) is 24.3 Å². The summed E-state index contributed by atoms with van der Waals surface area (Å²) in [5.41, 5.74) is 7.63. The molecule has 1 heterocycles. The van der Waals surface area contributed by atoms with Crippen molar-refractivity contribution in [1.29, 1.82) is 0 Å². The standard InChI is InChI=1S/C11H15N3O/c1-8-2-4-10(5-3-8)14-7-9(6-12)13-11(14)15/h2-5,9H,6-7,12H2,1H3,(H,13,15).